The Bertz CT molecular complexity index is 352. The van der Waals surface area contributed by atoms with Crippen LogP contribution in [0.1, 0.15) is 17.5 Å². The van der Waals surface area contributed by atoms with E-state index in [1.54, 1.807) is 14.2 Å². The Morgan fingerprint density at radius 3 is 2.94 bits per heavy atom. The molecule has 0 aromatic heterocycles. The summed E-state index contributed by atoms with van der Waals surface area (Å²) in [5.41, 5.74) is 2.79. The number of hydrogen-bond donors (Lipinski definition) is 1. The molecule has 1 aliphatic rings. The van der Waals surface area contributed by atoms with Crippen LogP contribution >= 0.6 is 0 Å². The van der Waals surface area contributed by atoms with Crippen molar-refractivity contribution in [2.75, 3.05) is 20.8 Å². The monoisotopic (exact) mass is 221 g/mol. The van der Waals surface area contributed by atoms with Crippen molar-refractivity contribution in [3.05, 3.63) is 29.3 Å². The van der Waals surface area contributed by atoms with E-state index in [0.717, 1.165) is 31.7 Å². The number of fused-ring (bicyclic) bond motifs is 1. The van der Waals surface area contributed by atoms with Crippen LogP contribution in [-0.2, 0) is 17.7 Å². The SMILES string of the molecule is COCCC1Cc2ccc(OC)cc2CN1. The second-order valence-corrected chi connectivity index (χ2v) is 4.20. The summed E-state index contributed by atoms with van der Waals surface area (Å²) in [5, 5.41) is 3.53. The van der Waals surface area contributed by atoms with Gasteiger partial charge in [0.25, 0.3) is 0 Å². The highest BCUT2D eigenvalue weighted by molar-refractivity contribution is 5.37. The van der Waals surface area contributed by atoms with E-state index in [2.05, 4.69) is 17.4 Å². The maximum absolute atomic E-state index is 5.22. The van der Waals surface area contributed by atoms with Crippen LogP contribution in [0.2, 0.25) is 0 Å². The summed E-state index contributed by atoms with van der Waals surface area (Å²) >= 11 is 0. The Morgan fingerprint density at radius 1 is 1.31 bits per heavy atom. The van der Waals surface area contributed by atoms with Gasteiger partial charge in [-0.1, -0.05) is 6.07 Å². The van der Waals surface area contributed by atoms with Crippen LogP contribution in [-0.4, -0.2) is 26.9 Å². The fourth-order valence-electron chi connectivity index (χ4n) is 2.15. The number of nitrogens with one attached hydrogen (secondary N) is 1. The zero-order valence-corrected chi connectivity index (χ0v) is 9.95. The van der Waals surface area contributed by atoms with Crippen molar-refractivity contribution in [2.24, 2.45) is 0 Å². The predicted octanol–water partition coefficient (Wildman–Crippen LogP) is 1.75. The summed E-state index contributed by atoms with van der Waals surface area (Å²) in [7, 11) is 3.46. The van der Waals surface area contributed by atoms with Gasteiger partial charge in [-0.15, -0.1) is 0 Å². The van der Waals surface area contributed by atoms with Gasteiger partial charge in [0.1, 0.15) is 5.75 Å². The van der Waals surface area contributed by atoms with Gasteiger partial charge in [-0.25, -0.2) is 0 Å². The van der Waals surface area contributed by atoms with E-state index in [1.165, 1.54) is 11.1 Å². The molecule has 0 saturated carbocycles. The molecular weight excluding hydrogens is 202 g/mol. The van der Waals surface area contributed by atoms with Crippen molar-refractivity contribution in [2.45, 2.75) is 25.4 Å². The minimum Gasteiger partial charge on any atom is -0.497 e. The summed E-state index contributed by atoms with van der Waals surface area (Å²) in [6, 6.07) is 6.88. The third kappa shape index (κ3) is 2.54. The van der Waals surface area contributed by atoms with Crippen LogP contribution in [0.5, 0.6) is 5.75 Å². The molecule has 0 bridgehead atoms. The second-order valence-electron chi connectivity index (χ2n) is 4.20. The van der Waals surface area contributed by atoms with Crippen molar-refractivity contribution in [1.29, 1.82) is 0 Å². The first-order valence-corrected chi connectivity index (χ1v) is 5.71. The molecule has 0 aliphatic carbocycles. The molecule has 88 valence electrons. The van der Waals surface area contributed by atoms with Gasteiger partial charge < -0.3 is 14.8 Å². The van der Waals surface area contributed by atoms with Gasteiger partial charge in [0.05, 0.1) is 7.11 Å². The van der Waals surface area contributed by atoms with Crippen molar-refractivity contribution >= 4 is 0 Å². The lowest BCUT2D eigenvalue weighted by Gasteiger charge is -2.26. The Labute approximate surface area is 96.8 Å². The van der Waals surface area contributed by atoms with Gasteiger partial charge in [-0.2, -0.15) is 0 Å². The Balaban J connectivity index is 2.04. The minimum absolute atomic E-state index is 0.542. The van der Waals surface area contributed by atoms with E-state index in [-0.39, 0.29) is 0 Å². The van der Waals surface area contributed by atoms with Crippen molar-refractivity contribution < 1.29 is 9.47 Å². The van der Waals surface area contributed by atoms with Gasteiger partial charge >= 0.3 is 0 Å². The molecule has 0 spiro atoms. The van der Waals surface area contributed by atoms with Gasteiger partial charge in [0.2, 0.25) is 0 Å². The molecule has 1 aliphatic heterocycles. The van der Waals surface area contributed by atoms with Crippen molar-refractivity contribution in [3.8, 4) is 5.75 Å². The Hall–Kier alpha value is -1.06. The standard InChI is InChI=1S/C13H19NO2/c1-15-6-5-12-7-10-3-4-13(16-2)8-11(10)9-14-12/h3-4,8,12,14H,5-7,9H2,1-2H3. The van der Waals surface area contributed by atoms with Crippen molar-refractivity contribution in [3.63, 3.8) is 0 Å². The molecule has 3 heteroatoms. The lowest BCUT2D eigenvalue weighted by atomic mass is 9.94. The molecule has 0 amide bonds. The van der Waals surface area contributed by atoms with Gasteiger partial charge in [-0.05, 0) is 36.1 Å². The van der Waals surface area contributed by atoms with Crippen LogP contribution in [0.15, 0.2) is 18.2 Å². The highest BCUT2D eigenvalue weighted by atomic mass is 16.5. The molecule has 3 nitrogen and oxygen atoms in total. The maximum Gasteiger partial charge on any atom is 0.119 e. The van der Waals surface area contributed by atoms with Gasteiger partial charge in [0, 0.05) is 26.3 Å². The molecule has 1 aromatic rings. The average Bonchev–Trinajstić information content (AvgIpc) is 2.35. The molecule has 0 fully saturated rings. The summed E-state index contributed by atoms with van der Waals surface area (Å²) in [5.74, 6) is 0.941. The second kappa shape index (κ2) is 5.32. The van der Waals surface area contributed by atoms with Gasteiger partial charge in [0.15, 0.2) is 0 Å². The van der Waals surface area contributed by atoms with Gasteiger partial charge in [-0.3, -0.25) is 0 Å². The third-order valence-corrected chi connectivity index (χ3v) is 3.13. The molecule has 2 rings (SSSR count). The number of rotatable bonds is 4. The summed E-state index contributed by atoms with van der Waals surface area (Å²) in [6.45, 7) is 1.75. The molecule has 1 atom stereocenters. The topological polar surface area (TPSA) is 30.5 Å². The smallest absolute Gasteiger partial charge is 0.119 e. The summed E-state index contributed by atoms with van der Waals surface area (Å²) in [6.07, 6.45) is 2.16. The molecular formula is C13H19NO2. The van der Waals surface area contributed by atoms with E-state index >= 15 is 0 Å². The fourth-order valence-corrected chi connectivity index (χ4v) is 2.15. The molecule has 1 heterocycles. The number of ether oxygens (including phenoxy) is 2. The lowest BCUT2D eigenvalue weighted by molar-refractivity contribution is 0.181. The first-order valence-electron chi connectivity index (χ1n) is 5.71. The first kappa shape index (κ1) is 11.4. The Morgan fingerprint density at radius 2 is 2.19 bits per heavy atom. The van der Waals surface area contributed by atoms with Crippen LogP contribution in [0, 0.1) is 0 Å². The number of hydrogen-bond acceptors (Lipinski definition) is 3. The molecule has 1 unspecified atom stereocenters. The minimum atomic E-state index is 0.542. The summed E-state index contributed by atoms with van der Waals surface area (Å²) in [4.78, 5) is 0. The quantitative estimate of drug-likeness (QED) is 0.840. The zero-order valence-electron chi connectivity index (χ0n) is 9.95. The highest BCUT2D eigenvalue weighted by Crippen LogP contribution is 2.22. The van der Waals surface area contributed by atoms with E-state index < -0.39 is 0 Å². The highest BCUT2D eigenvalue weighted by Gasteiger charge is 2.17. The number of methoxy groups -OCH3 is 2. The van der Waals surface area contributed by atoms with Crippen LogP contribution in [0.4, 0.5) is 0 Å². The van der Waals surface area contributed by atoms with E-state index in [0.29, 0.717) is 6.04 Å². The largest absolute Gasteiger partial charge is 0.497 e. The zero-order chi connectivity index (χ0) is 11.4. The molecule has 1 aromatic carbocycles. The Kier molecular flexibility index (Phi) is 3.80. The van der Waals surface area contributed by atoms with Crippen LogP contribution in [0.3, 0.4) is 0 Å². The molecule has 1 N–H and O–H groups in total. The van der Waals surface area contributed by atoms with Crippen LogP contribution < -0.4 is 10.1 Å². The maximum atomic E-state index is 5.22. The van der Waals surface area contributed by atoms with Crippen LogP contribution in [0.25, 0.3) is 0 Å². The average molecular weight is 221 g/mol. The lowest BCUT2D eigenvalue weighted by Crippen LogP contribution is -2.36. The third-order valence-electron chi connectivity index (χ3n) is 3.13. The molecule has 0 saturated heterocycles. The van der Waals surface area contributed by atoms with Crippen molar-refractivity contribution in [1.82, 2.24) is 5.32 Å². The molecule has 16 heavy (non-hydrogen) atoms. The normalized spacial score (nSPS) is 19.2. The fraction of sp³-hybridized carbons (Fsp3) is 0.538. The van der Waals surface area contributed by atoms with E-state index in [4.69, 9.17) is 9.47 Å². The summed E-state index contributed by atoms with van der Waals surface area (Å²) < 4.78 is 10.3. The predicted molar refractivity (Wildman–Crippen MR) is 63.8 cm³/mol. The first-order chi connectivity index (χ1) is 7.83. The number of benzene rings is 1. The molecule has 0 radical (unpaired) electrons. The van der Waals surface area contributed by atoms with E-state index in [9.17, 15) is 0 Å². The van der Waals surface area contributed by atoms with E-state index in [1.807, 2.05) is 6.07 Å².